The summed E-state index contributed by atoms with van der Waals surface area (Å²) < 4.78 is 12.6. The monoisotopic (exact) mass is 429 g/mol. The van der Waals surface area contributed by atoms with Crippen LogP contribution >= 0.6 is 0 Å². The average Bonchev–Trinajstić information content (AvgIpc) is 3.03. The molecule has 31 heavy (non-hydrogen) atoms. The summed E-state index contributed by atoms with van der Waals surface area (Å²) in [6.45, 7) is 12.0. The summed E-state index contributed by atoms with van der Waals surface area (Å²) in [5.74, 6) is 2.79. The second kappa shape index (κ2) is 10.2. The SMILES string of the molecule is COCC(=O)NC(c1nnc2n1CCN(Cc1ccc(OC)c(C)c1C)CC2)C(C)C. The third-order valence-electron chi connectivity index (χ3n) is 6.15. The van der Waals surface area contributed by atoms with Gasteiger partial charge in [0.1, 0.15) is 18.2 Å². The van der Waals surface area contributed by atoms with E-state index in [0.29, 0.717) is 0 Å². The number of carbonyl (C=O) groups is 1. The van der Waals surface area contributed by atoms with Crippen molar-refractivity contribution in [1.29, 1.82) is 0 Å². The summed E-state index contributed by atoms with van der Waals surface area (Å²) in [7, 11) is 3.24. The Labute approximate surface area is 184 Å². The Balaban J connectivity index is 1.74. The lowest BCUT2D eigenvalue weighted by atomic mass is 10.0. The Morgan fingerprint density at radius 1 is 1.13 bits per heavy atom. The third kappa shape index (κ3) is 5.25. The number of hydrogen-bond acceptors (Lipinski definition) is 6. The maximum Gasteiger partial charge on any atom is 0.246 e. The van der Waals surface area contributed by atoms with Gasteiger partial charge in [0, 0.05) is 39.7 Å². The van der Waals surface area contributed by atoms with Crippen molar-refractivity contribution >= 4 is 5.91 Å². The molecule has 2 aromatic rings. The van der Waals surface area contributed by atoms with Gasteiger partial charge in [-0.25, -0.2) is 0 Å². The molecule has 1 unspecified atom stereocenters. The van der Waals surface area contributed by atoms with E-state index in [1.807, 2.05) is 0 Å². The number of nitrogens with one attached hydrogen (secondary N) is 1. The van der Waals surface area contributed by atoms with Crippen LogP contribution in [0.3, 0.4) is 0 Å². The molecule has 2 heterocycles. The first kappa shape index (κ1) is 23.2. The minimum absolute atomic E-state index is 0.0403. The van der Waals surface area contributed by atoms with Gasteiger partial charge in [-0.2, -0.15) is 0 Å². The highest BCUT2D eigenvalue weighted by Gasteiger charge is 2.27. The Morgan fingerprint density at radius 2 is 1.90 bits per heavy atom. The summed E-state index contributed by atoms with van der Waals surface area (Å²) in [6.07, 6.45) is 0.831. The smallest absolute Gasteiger partial charge is 0.246 e. The topological polar surface area (TPSA) is 81.5 Å². The summed E-state index contributed by atoms with van der Waals surface area (Å²) >= 11 is 0. The molecule has 170 valence electrons. The molecule has 0 spiro atoms. The molecule has 0 radical (unpaired) electrons. The Hall–Kier alpha value is -2.45. The van der Waals surface area contributed by atoms with E-state index < -0.39 is 0 Å². The molecule has 3 rings (SSSR count). The first-order valence-electron chi connectivity index (χ1n) is 10.9. The minimum Gasteiger partial charge on any atom is -0.496 e. The zero-order valence-corrected chi connectivity index (χ0v) is 19.6. The molecule has 0 bridgehead atoms. The fourth-order valence-corrected chi connectivity index (χ4v) is 4.14. The van der Waals surface area contributed by atoms with E-state index in [0.717, 1.165) is 50.0 Å². The Bertz CT molecular complexity index is 909. The molecule has 0 aliphatic carbocycles. The summed E-state index contributed by atoms with van der Waals surface area (Å²) in [5, 5.41) is 12.0. The molecule has 1 amide bonds. The van der Waals surface area contributed by atoms with Crippen molar-refractivity contribution in [3.63, 3.8) is 0 Å². The van der Waals surface area contributed by atoms with E-state index in [2.05, 4.69) is 64.8 Å². The Morgan fingerprint density at radius 3 is 2.58 bits per heavy atom. The normalized spacial score (nSPS) is 15.5. The first-order chi connectivity index (χ1) is 14.8. The van der Waals surface area contributed by atoms with E-state index in [-0.39, 0.29) is 24.5 Å². The quantitative estimate of drug-likeness (QED) is 0.694. The number of ether oxygens (including phenoxy) is 2. The van der Waals surface area contributed by atoms with Crippen molar-refractivity contribution in [2.45, 2.75) is 53.2 Å². The largest absolute Gasteiger partial charge is 0.496 e. The summed E-state index contributed by atoms with van der Waals surface area (Å²) in [5.41, 5.74) is 3.80. The van der Waals surface area contributed by atoms with E-state index in [1.54, 1.807) is 7.11 Å². The van der Waals surface area contributed by atoms with Crippen molar-refractivity contribution in [1.82, 2.24) is 25.0 Å². The molecule has 8 nitrogen and oxygen atoms in total. The van der Waals surface area contributed by atoms with Crippen molar-refractivity contribution in [3.8, 4) is 5.75 Å². The van der Waals surface area contributed by atoms with Gasteiger partial charge < -0.3 is 19.4 Å². The van der Waals surface area contributed by atoms with Gasteiger partial charge in [0.2, 0.25) is 5.91 Å². The van der Waals surface area contributed by atoms with Gasteiger partial charge >= 0.3 is 0 Å². The van der Waals surface area contributed by atoms with Crippen molar-refractivity contribution in [2.24, 2.45) is 5.92 Å². The van der Waals surface area contributed by atoms with Gasteiger partial charge in [-0.1, -0.05) is 19.9 Å². The Kier molecular flexibility index (Phi) is 7.67. The molecule has 0 fully saturated rings. The number of aromatic nitrogens is 3. The molecule has 1 N–H and O–H groups in total. The molecular formula is C23H35N5O3. The van der Waals surface area contributed by atoms with Crippen molar-refractivity contribution in [2.75, 3.05) is 33.9 Å². The maximum atomic E-state index is 12.1. The van der Waals surface area contributed by atoms with Crippen LogP contribution in [0.25, 0.3) is 0 Å². The van der Waals surface area contributed by atoms with E-state index in [1.165, 1.54) is 23.8 Å². The van der Waals surface area contributed by atoms with Crippen molar-refractivity contribution in [3.05, 3.63) is 40.5 Å². The lowest BCUT2D eigenvalue weighted by Crippen LogP contribution is -2.36. The number of benzene rings is 1. The fourth-order valence-electron chi connectivity index (χ4n) is 4.14. The predicted molar refractivity (Wildman–Crippen MR) is 119 cm³/mol. The van der Waals surface area contributed by atoms with Gasteiger partial charge in [0.15, 0.2) is 5.82 Å². The number of rotatable bonds is 8. The number of hydrogen-bond donors (Lipinski definition) is 1. The zero-order chi connectivity index (χ0) is 22.5. The van der Waals surface area contributed by atoms with Gasteiger partial charge in [-0.15, -0.1) is 10.2 Å². The molecule has 1 aliphatic heterocycles. The van der Waals surface area contributed by atoms with Gasteiger partial charge in [0.25, 0.3) is 0 Å². The predicted octanol–water partition coefficient (Wildman–Crippen LogP) is 2.42. The molecule has 1 aromatic carbocycles. The van der Waals surface area contributed by atoms with Crippen LogP contribution in [0.2, 0.25) is 0 Å². The van der Waals surface area contributed by atoms with Crippen LogP contribution in [0.1, 0.15) is 48.2 Å². The second-order valence-electron chi connectivity index (χ2n) is 8.55. The highest BCUT2D eigenvalue weighted by atomic mass is 16.5. The highest BCUT2D eigenvalue weighted by Crippen LogP contribution is 2.26. The van der Waals surface area contributed by atoms with Crippen LogP contribution in [0.4, 0.5) is 0 Å². The van der Waals surface area contributed by atoms with Crippen LogP contribution in [0.5, 0.6) is 5.75 Å². The lowest BCUT2D eigenvalue weighted by molar-refractivity contribution is -0.125. The fraction of sp³-hybridized carbons (Fsp3) is 0.609. The molecule has 8 heteroatoms. The standard InChI is InChI=1S/C23H35N5O3/c1-15(2)22(24-21(29)14-30-5)23-26-25-20-9-10-27(11-12-28(20)23)13-18-7-8-19(31-6)17(4)16(18)3/h7-8,15,22H,9-14H2,1-6H3,(H,24,29). The molecule has 0 saturated heterocycles. The zero-order valence-electron chi connectivity index (χ0n) is 19.6. The van der Waals surface area contributed by atoms with E-state index in [4.69, 9.17) is 9.47 Å². The van der Waals surface area contributed by atoms with Crippen LogP contribution < -0.4 is 10.1 Å². The number of fused-ring (bicyclic) bond motifs is 1. The van der Waals surface area contributed by atoms with Crippen LogP contribution in [-0.4, -0.2) is 59.5 Å². The molecule has 1 aromatic heterocycles. The minimum atomic E-state index is -0.193. The van der Waals surface area contributed by atoms with Gasteiger partial charge in [-0.3, -0.25) is 9.69 Å². The number of amides is 1. The van der Waals surface area contributed by atoms with Crippen molar-refractivity contribution < 1.29 is 14.3 Å². The summed E-state index contributed by atoms with van der Waals surface area (Å²) in [4.78, 5) is 14.6. The van der Waals surface area contributed by atoms with Gasteiger partial charge in [-0.05, 0) is 42.5 Å². The van der Waals surface area contributed by atoms with E-state index in [9.17, 15) is 4.79 Å². The van der Waals surface area contributed by atoms with Crippen LogP contribution in [-0.2, 0) is 29.0 Å². The molecular weight excluding hydrogens is 394 g/mol. The third-order valence-corrected chi connectivity index (χ3v) is 6.15. The first-order valence-corrected chi connectivity index (χ1v) is 10.9. The molecule has 1 atom stereocenters. The maximum absolute atomic E-state index is 12.1. The van der Waals surface area contributed by atoms with Gasteiger partial charge in [0.05, 0.1) is 13.2 Å². The number of methoxy groups -OCH3 is 2. The molecule has 0 saturated carbocycles. The summed E-state index contributed by atoms with van der Waals surface area (Å²) in [6, 6.07) is 4.03. The van der Waals surface area contributed by atoms with Crippen LogP contribution in [0, 0.1) is 19.8 Å². The highest BCUT2D eigenvalue weighted by molar-refractivity contribution is 5.77. The molecule has 1 aliphatic rings. The number of carbonyl (C=O) groups excluding carboxylic acids is 1. The number of nitrogens with zero attached hydrogens (tertiary/aromatic N) is 4. The average molecular weight is 430 g/mol. The second-order valence-corrected chi connectivity index (χ2v) is 8.55. The lowest BCUT2D eigenvalue weighted by Gasteiger charge is -2.24. The van der Waals surface area contributed by atoms with E-state index >= 15 is 0 Å². The van der Waals surface area contributed by atoms with Crippen LogP contribution in [0.15, 0.2) is 12.1 Å².